The maximum Gasteiger partial charge on any atom is 0.314 e. The molecule has 0 bridgehead atoms. The molecule has 0 N–H and O–H groups in total. The molecule has 15 heavy (non-hydrogen) atoms. The zero-order valence-electron chi connectivity index (χ0n) is 8.47. The number of hydrogen-bond acceptors (Lipinski definition) is 4. The molecule has 5 nitrogen and oxygen atoms in total. The Morgan fingerprint density at radius 3 is 2.73 bits per heavy atom. The number of carbonyl (C=O) groups excluding carboxylic acids is 2. The first-order valence-electron chi connectivity index (χ1n) is 4.94. The number of esters is 2. The van der Waals surface area contributed by atoms with Gasteiger partial charge in [-0.3, -0.25) is 9.59 Å². The summed E-state index contributed by atoms with van der Waals surface area (Å²) in [7, 11) is 0. The number of nitrogens with zero attached hydrogens (tertiary/aromatic N) is 2. The summed E-state index contributed by atoms with van der Waals surface area (Å²) in [4.78, 5) is 26.2. The zero-order chi connectivity index (χ0) is 10.8. The van der Waals surface area contributed by atoms with Crippen molar-refractivity contribution in [3.8, 4) is 0 Å². The summed E-state index contributed by atoms with van der Waals surface area (Å²) in [6.07, 6.45) is 3.94. The maximum atomic E-state index is 11.1. The molecule has 1 saturated heterocycles. The van der Waals surface area contributed by atoms with E-state index in [0.717, 1.165) is 12.2 Å². The van der Waals surface area contributed by atoms with E-state index in [1.807, 2.05) is 11.5 Å². The average molecular weight is 208 g/mol. The Labute approximate surface area is 87.1 Å². The molecule has 0 aromatic carbocycles. The molecule has 1 fully saturated rings. The van der Waals surface area contributed by atoms with Crippen LogP contribution in [-0.4, -0.2) is 21.5 Å². The van der Waals surface area contributed by atoms with Gasteiger partial charge in [0, 0.05) is 24.4 Å². The molecule has 0 saturated carbocycles. The van der Waals surface area contributed by atoms with Crippen LogP contribution in [0.2, 0.25) is 0 Å². The van der Waals surface area contributed by atoms with Crippen LogP contribution in [0.25, 0.3) is 0 Å². The smallest absolute Gasteiger partial charge is 0.314 e. The monoisotopic (exact) mass is 208 g/mol. The molecule has 1 aliphatic rings. The van der Waals surface area contributed by atoms with Crippen molar-refractivity contribution in [3.05, 3.63) is 18.2 Å². The van der Waals surface area contributed by atoms with Gasteiger partial charge in [0.2, 0.25) is 0 Å². The van der Waals surface area contributed by atoms with E-state index < -0.39 is 11.9 Å². The molecule has 0 amide bonds. The third kappa shape index (κ3) is 1.91. The van der Waals surface area contributed by atoms with Gasteiger partial charge in [0.15, 0.2) is 0 Å². The third-order valence-electron chi connectivity index (χ3n) is 2.56. The highest BCUT2D eigenvalue weighted by molar-refractivity contribution is 5.89. The van der Waals surface area contributed by atoms with Gasteiger partial charge in [-0.25, -0.2) is 4.98 Å². The van der Waals surface area contributed by atoms with Gasteiger partial charge in [-0.05, 0) is 6.92 Å². The number of aromatic nitrogens is 2. The van der Waals surface area contributed by atoms with Crippen molar-refractivity contribution in [1.82, 2.24) is 9.55 Å². The van der Waals surface area contributed by atoms with E-state index in [1.54, 1.807) is 12.5 Å². The first kappa shape index (κ1) is 9.89. The van der Waals surface area contributed by atoms with Crippen LogP contribution in [0.4, 0.5) is 0 Å². The van der Waals surface area contributed by atoms with Crippen LogP contribution in [0.15, 0.2) is 12.5 Å². The molecule has 0 spiro atoms. The van der Waals surface area contributed by atoms with E-state index >= 15 is 0 Å². The fourth-order valence-corrected chi connectivity index (χ4v) is 1.83. The van der Waals surface area contributed by atoms with E-state index in [-0.39, 0.29) is 18.8 Å². The number of ether oxygens (including phenoxy) is 1. The van der Waals surface area contributed by atoms with Gasteiger partial charge in [0.25, 0.3) is 0 Å². The lowest BCUT2D eigenvalue weighted by molar-refractivity contribution is -0.164. The normalized spacial score (nSPS) is 17.9. The van der Waals surface area contributed by atoms with Gasteiger partial charge >= 0.3 is 11.9 Å². The molecular weight excluding hydrogens is 196 g/mol. The van der Waals surface area contributed by atoms with Crippen LogP contribution in [0.5, 0.6) is 0 Å². The Hall–Kier alpha value is -1.65. The molecular formula is C10H12N2O3. The minimum absolute atomic E-state index is 0.0822. The summed E-state index contributed by atoms with van der Waals surface area (Å²) in [5.41, 5.74) is 0.933. The van der Waals surface area contributed by atoms with Crippen molar-refractivity contribution in [2.24, 2.45) is 0 Å². The summed E-state index contributed by atoms with van der Waals surface area (Å²) < 4.78 is 6.42. The first-order chi connectivity index (χ1) is 7.20. The minimum atomic E-state index is -0.444. The summed E-state index contributed by atoms with van der Waals surface area (Å²) in [5.74, 6) is -0.971. The van der Waals surface area contributed by atoms with Crippen molar-refractivity contribution in [2.75, 3.05) is 0 Å². The largest absolute Gasteiger partial charge is 0.393 e. The Morgan fingerprint density at radius 1 is 1.47 bits per heavy atom. The van der Waals surface area contributed by atoms with Gasteiger partial charge in [0.05, 0.1) is 19.2 Å². The van der Waals surface area contributed by atoms with Crippen molar-refractivity contribution < 1.29 is 14.3 Å². The van der Waals surface area contributed by atoms with Crippen molar-refractivity contribution in [3.63, 3.8) is 0 Å². The minimum Gasteiger partial charge on any atom is -0.393 e. The van der Waals surface area contributed by atoms with Crippen LogP contribution < -0.4 is 0 Å². The van der Waals surface area contributed by atoms with Crippen LogP contribution in [0.1, 0.15) is 31.4 Å². The molecule has 2 rings (SSSR count). The van der Waals surface area contributed by atoms with E-state index in [1.165, 1.54) is 0 Å². The molecule has 0 radical (unpaired) electrons. The Bertz CT molecular complexity index is 381. The molecule has 1 aromatic rings. The van der Waals surface area contributed by atoms with Crippen molar-refractivity contribution in [1.29, 1.82) is 0 Å². The van der Waals surface area contributed by atoms with Crippen molar-refractivity contribution in [2.45, 2.75) is 32.2 Å². The summed E-state index contributed by atoms with van der Waals surface area (Å²) >= 11 is 0. The second-order valence-corrected chi connectivity index (χ2v) is 3.56. The topological polar surface area (TPSA) is 61.2 Å². The van der Waals surface area contributed by atoms with Gasteiger partial charge in [0.1, 0.15) is 0 Å². The highest BCUT2D eigenvalue weighted by Crippen LogP contribution is 2.27. The number of cyclic esters (lactones) is 2. The van der Waals surface area contributed by atoms with E-state index in [0.29, 0.717) is 0 Å². The molecule has 2 heterocycles. The molecule has 5 heteroatoms. The van der Waals surface area contributed by atoms with E-state index in [4.69, 9.17) is 0 Å². The highest BCUT2D eigenvalue weighted by atomic mass is 16.6. The quantitative estimate of drug-likeness (QED) is 0.534. The lowest BCUT2D eigenvalue weighted by Crippen LogP contribution is -2.25. The van der Waals surface area contributed by atoms with E-state index in [9.17, 15) is 9.59 Å². The standard InChI is InChI=1S/C10H12N2O3/c1-2-12-6-11-5-8(12)7-3-9(13)15-10(14)4-7/h5-7H,2-4H2,1H3. The number of rotatable bonds is 2. The average Bonchev–Trinajstić information content (AvgIpc) is 2.63. The maximum absolute atomic E-state index is 11.1. The Morgan fingerprint density at radius 2 is 2.13 bits per heavy atom. The lowest BCUT2D eigenvalue weighted by Gasteiger charge is -2.20. The molecule has 1 aromatic heterocycles. The van der Waals surface area contributed by atoms with Crippen LogP contribution in [0, 0.1) is 0 Å². The summed E-state index contributed by atoms with van der Waals surface area (Å²) in [6, 6.07) is 0. The first-order valence-corrected chi connectivity index (χ1v) is 4.94. The van der Waals surface area contributed by atoms with Gasteiger partial charge in [-0.15, -0.1) is 0 Å². The fraction of sp³-hybridized carbons (Fsp3) is 0.500. The number of aryl methyl sites for hydroxylation is 1. The second-order valence-electron chi connectivity index (χ2n) is 3.56. The third-order valence-corrected chi connectivity index (χ3v) is 2.56. The fourth-order valence-electron chi connectivity index (χ4n) is 1.83. The number of hydrogen-bond donors (Lipinski definition) is 0. The number of imidazole rings is 1. The predicted octanol–water partition coefficient (Wildman–Crippen LogP) is 0.850. The van der Waals surface area contributed by atoms with Crippen molar-refractivity contribution >= 4 is 11.9 Å². The summed E-state index contributed by atoms with van der Waals surface area (Å²) in [6.45, 7) is 2.78. The van der Waals surface area contributed by atoms with Gasteiger partial charge < -0.3 is 9.30 Å². The van der Waals surface area contributed by atoms with Crippen LogP contribution >= 0.6 is 0 Å². The molecule has 80 valence electrons. The Balaban J connectivity index is 2.23. The summed E-state index contributed by atoms with van der Waals surface area (Å²) in [5, 5.41) is 0. The van der Waals surface area contributed by atoms with Gasteiger partial charge in [-0.1, -0.05) is 0 Å². The molecule has 0 aliphatic carbocycles. The number of carbonyl (C=O) groups is 2. The Kier molecular flexibility index (Phi) is 2.53. The highest BCUT2D eigenvalue weighted by Gasteiger charge is 2.29. The lowest BCUT2D eigenvalue weighted by atomic mass is 9.96. The predicted molar refractivity (Wildman–Crippen MR) is 51.0 cm³/mol. The SMILES string of the molecule is CCn1cncc1C1CC(=O)OC(=O)C1. The van der Waals surface area contributed by atoms with E-state index in [2.05, 4.69) is 9.72 Å². The second kappa shape index (κ2) is 3.84. The van der Waals surface area contributed by atoms with Crippen LogP contribution in [0.3, 0.4) is 0 Å². The molecule has 0 unspecified atom stereocenters. The molecule has 0 atom stereocenters. The van der Waals surface area contributed by atoms with Gasteiger partial charge in [-0.2, -0.15) is 0 Å². The van der Waals surface area contributed by atoms with Crippen LogP contribution in [-0.2, 0) is 20.9 Å². The molecule has 1 aliphatic heterocycles. The zero-order valence-corrected chi connectivity index (χ0v) is 8.47.